The maximum absolute atomic E-state index is 5.68. The molecule has 0 atom stereocenters. The van der Waals surface area contributed by atoms with E-state index in [1.807, 2.05) is 74.6 Å². The fourth-order valence-electron chi connectivity index (χ4n) is 1.10. The maximum atomic E-state index is 5.68. The van der Waals surface area contributed by atoms with E-state index >= 15 is 0 Å². The Bertz CT molecular complexity index is 358. The number of ether oxygens (including phenoxy) is 1. The minimum absolute atomic E-state index is 0.835. The molecule has 0 aliphatic rings. The fraction of sp³-hybridized carbons (Fsp3) is 0.143. The Hall–Kier alpha value is -1.76. The van der Waals surface area contributed by atoms with Gasteiger partial charge in [0.05, 0.1) is 0 Å². The molecule has 1 rings (SSSR count). The van der Waals surface area contributed by atoms with E-state index < -0.39 is 0 Å². The summed E-state index contributed by atoms with van der Waals surface area (Å²) in [6, 6.07) is 9.76. The highest BCUT2D eigenvalue weighted by Crippen LogP contribution is 2.13. The molecule has 15 heavy (non-hydrogen) atoms. The van der Waals surface area contributed by atoms with E-state index in [-0.39, 0.29) is 0 Å². The summed E-state index contributed by atoms with van der Waals surface area (Å²) in [6.07, 6.45) is 9.76. The largest absolute Gasteiger partial charge is 0.457 e. The molecule has 0 aliphatic carbocycles. The third-order valence-corrected chi connectivity index (χ3v) is 1.76. The number of benzene rings is 1. The molecule has 1 heteroatoms. The number of allylic oxidation sites excluding steroid dienone is 5. The highest BCUT2D eigenvalue weighted by molar-refractivity contribution is 5.27. The summed E-state index contributed by atoms with van der Waals surface area (Å²) in [6.45, 7) is 3.95. The van der Waals surface area contributed by atoms with Gasteiger partial charge in [0.25, 0.3) is 0 Å². The van der Waals surface area contributed by atoms with Crippen LogP contribution in [0.4, 0.5) is 0 Å². The van der Waals surface area contributed by atoms with Gasteiger partial charge in [0.2, 0.25) is 0 Å². The van der Waals surface area contributed by atoms with Gasteiger partial charge in [0, 0.05) is 0 Å². The number of para-hydroxylation sites is 1. The monoisotopic (exact) mass is 200 g/mol. The lowest BCUT2D eigenvalue weighted by Crippen LogP contribution is -1.91. The fourth-order valence-corrected chi connectivity index (χ4v) is 1.10. The van der Waals surface area contributed by atoms with Gasteiger partial charge in [0.1, 0.15) is 11.5 Å². The molecule has 0 aliphatic heterocycles. The van der Waals surface area contributed by atoms with Crippen molar-refractivity contribution >= 4 is 0 Å². The van der Waals surface area contributed by atoms with Crippen LogP contribution in [0.2, 0.25) is 0 Å². The van der Waals surface area contributed by atoms with Crippen molar-refractivity contribution in [3.8, 4) is 5.75 Å². The molecule has 0 unspecified atom stereocenters. The van der Waals surface area contributed by atoms with Crippen LogP contribution in [0.5, 0.6) is 5.75 Å². The van der Waals surface area contributed by atoms with Crippen LogP contribution in [0.25, 0.3) is 0 Å². The second-order valence-corrected chi connectivity index (χ2v) is 3.01. The van der Waals surface area contributed by atoms with Crippen LogP contribution in [0.3, 0.4) is 0 Å². The minimum atomic E-state index is 0.835. The topological polar surface area (TPSA) is 9.23 Å². The van der Waals surface area contributed by atoms with Crippen molar-refractivity contribution < 1.29 is 4.74 Å². The first-order valence-corrected chi connectivity index (χ1v) is 5.05. The van der Waals surface area contributed by atoms with Crippen LogP contribution in [-0.2, 0) is 0 Å². The van der Waals surface area contributed by atoms with Crippen LogP contribution in [0, 0.1) is 0 Å². The Morgan fingerprint density at radius 2 is 1.80 bits per heavy atom. The average Bonchev–Trinajstić information content (AvgIpc) is 2.28. The summed E-state index contributed by atoms with van der Waals surface area (Å²) in [5, 5.41) is 0. The second-order valence-electron chi connectivity index (χ2n) is 3.01. The van der Waals surface area contributed by atoms with Crippen LogP contribution in [0.1, 0.15) is 13.8 Å². The van der Waals surface area contributed by atoms with Crippen molar-refractivity contribution in [1.82, 2.24) is 0 Å². The smallest absolute Gasteiger partial charge is 0.127 e. The summed E-state index contributed by atoms with van der Waals surface area (Å²) >= 11 is 0. The molecule has 0 fully saturated rings. The molecule has 0 aromatic heterocycles. The highest BCUT2D eigenvalue weighted by Gasteiger charge is 1.93. The Kier molecular flexibility index (Phi) is 5.02. The van der Waals surface area contributed by atoms with Crippen molar-refractivity contribution in [2.24, 2.45) is 0 Å². The summed E-state index contributed by atoms with van der Waals surface area (Å²) in [5.41, 5.74) is 0. The Morgan fingerprint density at radius 1 is 1.07 bits per heavy atom. The second kappa shape index (κ2) is 6.66. The van der Waals surface area contributed by atoms with E-state index in [9.17, 15) is 0 Å². The molecule has 0 amide bonds. The van der Waals surface area contributed by atoms with Crippen molar-refractivity contribution in [3.05, 3.63) is 66.5 Å². The SMILES string of the molecule is C\C=C/C=C(\C=C/C)Oc1ccccc1. The van der Waals surface area contributed by atoms with E-state index in [1.165, 1.54) is 0 Å². The van der Waals surface area contributed by atoms with Gasteiger partial charge in [-0.1, -0.05) is 36.4 Å². The van der Waals surface area contributed by atoms with Crippen LogP contribution >= 0.6 is 0 Å². The third-order valence-electron chi connectivity index (χ3n) is 1.76. The van der Waals surface area contributed by atoms with Gasteiger partial charge in [-0.05, 0) is 38.1 Å². The Labute approximate surface area is 91.4 Å². The predicted octanol–water partition coefficient (Wildman–Crippen LogP) is 4.10. The molecule has 0 heterocycles. The van der Waals surface area contributed by atoms with Gasteiger partial charge in [-0.25, -0.2) is 0 Å². The molecular formula is C14H16O. The summed E-state index contributed by atoms with van der Waals surface area (Å²) in [5.74, 6) is 1.69. The van der Waals surface area contributed by atoms with E-state index in [0.717, 1.165) is 11.5 Å². The van der Waals surface area contributed by atoms with Gasteiger partial charge in [-0.15, -0.1) is 0 Å². The molecule has 1 aromatic carbocycles. The lowest BCUT2D eigenvalue weighted by atomic mass is 10.3. The highest BCUT2D eigenvalue weighted by atomic mass is 16.5. The molecule has 0 radical (unpaired) electrons. The third kappa shape index (κ3) is 4.32. The molecule has 0 saturated heterocycles. The van der Waals surface area contributed by atoms with E-state index in [2.05, 4.69) is 0 Å². The predicted molar refractivity (Wildman–Crippen MR) is 64.8 cm³/mol. The van der Waals surface area contributed by atoms with Crippen molar-refractivity contribution in [3.63, 3.8) is 0 Å². The number of hydrogen-bond donors (Lipinski definition) is 0. The van der Waals surface area contributed by atoms with E-state index in [0.29, 0.717) is 0 Å². The molecule has 0 bridgehead atoms. The quantitative estimate of drug-likeness (QED) is 0.525. The number of rotatable bonds is 4. The van der Waals surface area contributed by atoms with E-state index in [4.69, 9.17) is 4.74 Å². The van der Waals surface area contributed by atoms with Gasteiger partial charge in [0.15, 0.2) is 0 Å². The number of hydrogen-bond acceptors (Lipinski definition) is 1. The minimum Gasteiger partial charge on any atom is -0.457 e. The van der Waals surface area contributed by atoms with Crippen molar-refractivity contribution in [2.75, 3.05) is 0 Å². The normalized spacial score (nSPS) is 12.5. The van der Waals surface area contributed by atoms with Crippen LogP contribution in [0.15, 0.2) is 66.5 Å². The van der Waals surface area contributed by atoms with Gasteiger partial charge in [-0.3, -0.25) is 0 Å². The molecule has 78 valence electrons. The zero-order chi connectivity index (χ0) is 10.9. The molecule has 1 nitrogen and oxygen atoms in total. The zero-order valence-electron chi connectivity index (χ0n) is 9.18. The first-order chi connectivity index (χ1) is 7.36. The maximum Gasteiger partial charge on any atom is 0.127 e. The van der Waals surface area contributed by atoms with Gasteiger partial charge < -0.3 is 4.74 Å². The Balaban J connectivity index is 2.76. The van der Waals surface area contributed by atoms with Crippen molar-refractivity contribution in [1.29, 1.82) is 0 Å². The lowest BCUT2D eigenvalue weighted by Gasteiger charge is -2.04. The average molecular weight is 200 g/mol. The molecule has 0 N–H and O–H groups in total. The van der Waals surface area contributed by atoms with Gasteiger partial charge in [-0.2, -0.15) is 0 Å². The first kappa shape index (κ1) is 11.3. The Morgan fingerprint density at radius 3 is 2.40 bits per heavy atom. The molecule has 1 aromatic rings. The summed E-state index contributed by atoms with van der Waals surface area (Å²) in [4.78, 5) is 0. The zero-order valence-corrected chi connectivity index (χ0v) is 9.18. The van der Waals surface area contributed by atoms with Crippen LogP contribution in [-0.4, -0.2) is 0 Å². The summed E-state index contributed by atoms with van der Waals surface area (Å²) in [7, 11) is 0. The van der Waals surface area contributed by atoms with E-state index in [1.54, 1.807) is 0 Å². The first-order valence-electron chi connectivity index (χ1n) is 5.05. The van der Waals surface area contributed by atoms with Gasteiger partial charge >= 0.3 is 0 Å². The lowest BCUT2D eigenvalue weighted by molar-refractivity contribution is 0.444. The molecular weight excluding hydrogens is 184 g/mol. The van der Waals surface area contributed by atoms with Crippen LogP contribution < -0.4 is 4.74 Å². The standard InChI is InChI=1S/C14H16O/c1-3-5-10-13(9-4-2)15-14-11-7-6-8-12-14/h3-12H,1-2H3/b5-3-,9-4-,13-10+. The molecule has 0 saturated carbocycles. The molecule has 0 spiro atoms. The van der Waals surface area contributed by atoms with Crippen molar-refractivity contribution in [2.45, 2.75) is 13.8 Å². The summed E-state index contributed by atoms with van der Waals surface area (Å²) < 4.78 is 5.68.